The molecule has 104 valence electrons. The predicted molar refractivity (Wildman–Crippen MR) is 79.2 cm³/mol. The van der Waals surface area contributed by atoms with E-state index in [-0.39, 0.29) is 11.9 Å². The highest BCUT2D eigenvalue weighted by atomic mass is 16.1. The van der Waals surface area contributed by atoms with Gasteiger partial charge < -0.3 is 16.4 Å². The number of carbonyl (C=O) groups is 1. The fraction of sp³-hybridized carbons (Fsp3) is 0.214. The molecule has 0 aliphatic carbocycles. The molecule has 0 fully saturated rings. The van der Waals surface area contributed by atoms with Gasteiger partial charge in [0.05, 0.1) is 6.04 Å². The number of carbonyl (C=O) groups excluding carboxylic acids is 1. The van der Waals surface area contributed by atoms with Gasteiger partial charge in [-0.25, -0.2) is 0 Å². The second kappa shape index (κ2) is 6.01. The number of nitrogens with one attached hydrogen (secondary N) is 2. The van der Waals surface area contributed by atoms with Crippen molar-refractivity contribution in [1.82, 2.24) is 10.2 Å². The molecule has 2 rings (SSSR count). The Morgan fingerprint density at radius 3 is 2.70 bits per heavy atom. The number of nitrogens with two attached hydrogens (primary N) is 1. The third kappa shape index (κ3) is 3.68. The summed E-state index contributed by atoms with van der Waals surface area (Å²) in [4.78, 5) is 11.1. The van der Waals surface area contributed by atoms with E-state index >= 15 is 0 Å². The van der Waals surface area contributed by atoms with Crippen molar-refractivity contribution in [3.05, 3.63) is 42.0 Å². The normalized spacial score (nSPS) is 11.7. The summed E-state index contributed by atoms with van der Waals surface area (Å²) in [5, 5.41) is 13.7. The van der Waals surface area contributed by atoms with Crippen molar-refractivity contribution in [2.24, 2.45) is 0 Å². The summed E-state index contributed by atoms with van der Waals surface area (Å²) in [5.41, 5.74) is 7.30. The summed E-state index contributed by atoms with van der Waals surface area (Å²) < 4.78 is 0. The van der Waals surface area contributed by atoms with Gasteiger partial charge in [0.15, 0.2) is 0 Å². The molecule has 1 aromatic carbocycles. The van der Waals surface area contributed by atoms with E-state index in [1.54, 1.807) is 12.1 Å². The van der Waals surface area contributed by atoms with Gasteiger partial charge >= 0.3 is 0 Å². The standard InChI is InChI=1S/C14H17N5O/c1-9(16-14-7-6-13(15)18-19-14)11-4-3-5-12(8-11)17-10(2)20/h3-9H,1-2H3,(H2,15,18)(H,16,19)(H,17,20). The lowest BCUT2D eigenvalue weighted by molar-refractivity contribution is -0.114. The molecule has 0 radical (unpaired) electrons. The molecule has 20 heavy (non-hydrogen) atoms. The fourth-order valence-electron chi connectivity index (χ4n) is 1.81. The highest BCUT2D eigenvalue weighted by molar-refractivity contribution is 5.88. The molecule has 0 saturated heterocycles. The molecular weight excluding hydrogens is 254 g/mol. The Morgan fingerprint density at radius 1 is 1.25 bits per heavy atom. The van der Waals surface area contributed by atoms with Gasteiger partial charge in [0.2, 0.25) is 5.91 Å². The van der Waals surface area contributed by atoms with E-state index in [0.717, 1.165) is 11.3 Å². The van der Waals surface area contributed by atoms with E-state index in [1.165, 1.54) is 6.92 Å². The van der Waals surface area contributed by atoms with Gasteiger partial charge in [-0.15, -0.1) is 10.2 Å². The van der Waals surface area contributed by atoms with Gasteiger partial charge in [-0.2, -0.15) is 0 Å². The minimum atomic E-state index is -0.0906. The summed E-state index contributed by atoms with van der Waals surface area (Å²) in [6, 6.07) is 11.1. The maximum Gasteiger partial charge on any atom is 0.221 e. The average molecular weight is 271 g/mol. The van der Waals surface area contributed by atoms with Crippen LogP contribution in [0.15, 0.2) is 36.4 Å². The summed E-state index contributed by atoms with van der Waals surface area (Å²) in [7, 11) is 0. The van der Waals surface area contributed by atoms with Gasteiger partial charge in [0.25, 0.3) is 0 Å². The first-order valence-electron chi connectivity index (χ1n) is 6.28. The zero-order valence-corrected chi connectivity index (χ0v) is 11.4. The largest absolute Gasteiger partial charge is 0.382 e. The van der Waals surface area contributed by atoms with E-state index in [9.17, 15) is 4.79 Å². The fourth-order valence-corrected chi connectivity index (χ4v) is 1.81. The molecule has 2 aromatic rings. The molecule has 1 aromatic heterocycles. The smallest absolute Gasteiger partial charge is 0.221 e. The minimum absolute atomic E-state index is 0.0293. The molecule has 0 spiro atoms. The molecule has 1 unspecified atom stereocenters. The molecular formula is C14H17N5O. The molecule has 0 aliphatic rings. The van der Waals surface area contributed by atoms with Crippen LogP contribution in [-0.2, 0) is 4.79 Å². The maximum absolute atomic E-state index is 11.1. The van der Waals surface area contributed by atoms with E-state index in [0.29, 0.717) is 11.6 Å². The van der Waals surface area contributed by atoms with E-state index in [4.69, 9.17) is 5.73 Å². The number of hydrogen-bond acceptors (Lipinski definition) is 5. The van der Waals surface area contributed by atoms with E-state index in [1.807, 2.05) is 31.2 Å². The van der Waals surface area contributed by atoms with Crippen molar-refractivity contribution < 1.29 is 4.79 Å². The minimum Gasteiger partial charge on any atom is -0.382 e. The molecule has 1 amide bonds. The van der Waals surface area contributed by atoms with Crippen molar-refractivity contribution in [2.75, 3.05) is 16.4 Å². The first-order valence-corrected chi connectivity index (χ1v) is 6.28. The Labute approximate surface area is 117 Å². The van der Waals surface area contributed by atoms with Gasteiger partial charge in [-0.1, -0.05) is 12.1 Å². The Bertz CT molecular complexity index is 597. The second-order valence-electron chi connectivity index (χ2n) is 4.52. The zero-order valence-electron chi connectivity index (χ0n) is 11.4. The number of anilines is 3. The number of nitrogen functional groups attached to an aromatic ring is 1. The highest BCUT2D eigenvalue weighted by Crippen LogP contribution is 2.20. The van der Waals surface area contributed by atoms with Crippen LogP contribution in [-0.4, -0.2) is 16.1 Å². The van der Waals surface area contributed by atoms with Gasteiger partial charge in [0, 0.05) is 12.6 Å². The topological polar surface area (TPSA) is 92.9 Å². The molecule has 4 N–H and O–H groups in total. The van der Waals surface area contributed by atoms with Crippen LogP contribution in [0.5, 0.6) is 0 Å². The lowest BCUT2D eigenvalue weighted by Crippen LogP contribution is -2.10. The van der Waals surface area contributed by atoms with Crippen molar-refractivity contribution in [3.8, 4) is 0 Å². The van der Waals surface area contributed by atoms with Crippen LogP contribution in [0.25, 0.3) is 0 Å². The summed E-state index contributed by atoms with van der Waals surface area (Å²) in [6.45, 7) is 3.49. The number of nitrogens with zero attached hydrogens (tertiary/aromatic N) is 2. The van der Waals surface area contributed by atoms with Crippen LogP contribution >= 0.6 is 0 Å². The molecule has 1 heterocycles. The Morgan fingerprint density at radius 2 is 2.05 bits per heavy atom. The summed E-state index contributed by atoms with van der Waals surface area (Å²) in [5.74, 6) is 0.944. The van der Waals surface area contributed by atoms with Crippen molar-refractivity contribution in [2.45, 2.75) is 19.9 Å². The molecule has 1 atom stereocenters. The van der Waals surface area contributed by atoms with Crippen LogP contribution in [0, 0.1) is 0 Å². The van der Waals surface area contributed by atoms with E-state index in [2.05, 4.69) is 20.8 Å². The van der Waals surface area contributed by atoms with Crippen molar-refractivity contribution in [1.29, 1.82) is 0 Å². The third-order valence-electron chi connectivity index (χ3n) is 2.76. The van der Waals surface area contributed by atoms with Crippen LogP contribution in [0.1, 0.15) is 25.5 Å². The molecule has 0 bridgehead atoms. The number of benzene rings is 1. The molecule has 6 nitrogen and oxygen atoms in total. The number of amides is 1. The van der Waals surface area contributed by atoms with Crippen LogP contribution in [0.3, 0.4) is 0 Å². The van der Waals surface area contributed by atoms with Gasteiger partial charge in [0.1, 0.15) is 11.6 Å². The highest BCUT2D eigenvalue weighted by Gasteiger charge is 2.07. The number of hydrogen-bond donors (Lipinski definition) is 3. The summed E-state index contributed by atoms with van der Waals surface area (Å²) >= 11 is 0. The lowest BCUT2D eigenvalue weighted by Gasteiger charge is -2.15. The first kappa shape index (κ1) is 13.8. The van der Waals surface area contributed by atoms with Crippen LogP contribution < -0.4 is 16.4 Å². The third-order valence-corrected chi connectivity index (χ3v) is 2.76. The number of rotatable bonds is 4. The van der Waals surface area contributed by atoms with Crippen LogP contribution in [0.4, 0.5) is 17.3 Å². The first-order chi connectivity index (χ1) is 9.54. The van der Waals surface area contributed by atoms with Gasteiger partial charge in [-0.05, 0) is 36.8 Å². The van der Waals surface area contributed by atoms with Crippen LogP contribution in [0.2, 0.25) is 0 Å². The predicted octanol–water partition coefficient (Wildman–Crippen LogP) is 2.19. The SMILES string of the molecule is CC(=O)Nc1cccc(C(C)Nc2ccc(N)nn2)c1. The average Bonchev–Trinajstić information content (AvgIpc) is 2.41. The van der Waals surface area contributed by atoms with E-state index < -0.39 is 0 Å². The quantitative estimate of drug-likeness (QED) is 0.792. The van der Waals surface area contributed by atoms with Gasteiger partial charge in [-0.3, -0.25) is 4.79 Å². The molecule has 6 heteroatoms. The summed E-state index contributed by atoms with van der Waals surface area (Å²) in [6.07, 6.45) is 0. The Hall–Kier alpha value is -2.63. The number of aromatic nitrogens is 2. The van der Waals surface area contributed by atoms with Crippen molar-refractivity contribution in [3.63, 3.8) is 0 Å². The Kier molecular flexibility index (Phi) is 4.14. The monoisotopic (exact) mass is 271 g/mol. The molecule has 0 aliphatic heterocycles. The Balaban J connectivity index is 2.10. The maximum atomic E-state index is 11.1. The van der Waals surface area contributed by atoms with Crippen molar-refractivity contribution >= 4 is 23.2 Å². The lowest BCUT2D eigenvalue weighted by atomic mass is 10.1. The zero-order chi connectivity index (χ0) is 14.5. The molecule has 0 saturated carbocycles. The second-order valence-corrected chi connectivity index (χ2v) is 4.52.